The number of guanidine groups is 1. The lowest BCUT2D eigenvalue weighted by molar-refractivity contribution is -0.116. The van der Waals surface area contributed by atoms with Crippen LogP contribution in [0.1, 0.15) is 25.5 Å². The molecule has 8 nitrogen and oxygen atoms in total. The summed E-state index contributed by atoms with van der Waals surface area (Å²) in [5, 5.41) is 8.92. The topological polar surface area (TPSA) is 113 Å². The Kier molecular flexibility index (Phi) is 9.27. The number of aryl methyl sites for hydroxylation is 1. The number of anilines is 1. The average molecular weight is 495 g/mol. The SMILES string of the molecule is CCNC(=NCCC(=O)Nc1cccc(C)n1)NC1CCS(=O)(=O)C1.I. The molecule has 0 radical (unpaired) electrons. The lowest BCUT2D eigenvalue weighted by atomic mass is 10.3. The van der Waals surface area contributed by atoms with E-state index in [1.54, 1.807) is 6.07 Å². The Morgan fingerprint density at radius 1 is 1.38 bits per heavy atom. The van der Waals surface area contributed by atoms with Gasteiger partial charge in [0.25, 0.3) is 0 Å². The second-order valence-electron chi connectivity index (χ2n) is 5.97. The van der Waals surface area contributed by atoms with Crippen LogP contribution in [0.15, 0.2) is 23.2 Å². The zero-order valence-electron chi connectivity index (χ0n) is 15.0. The lowest BCUT2D eigenvalue weighted by Gasteiger charge is -2.15. The van der Waals surface area contributed by atoms with E-state index in [4.69, 9.17) is 0 Å². The van der Waals surface area contributed by atoms with Crippen LogP contribution in [0.5, 0.6) is 0 Å². The Morgan fingerprint density at radius 2 is 2.15 bits per heavy atom. The van der Waals surface area contributed by atoms with Gasteiger partial charge in [0, 0.05) is 24.7 Å². The van der Waals surface area contributed by atoms with Crippen molar-refractivity contribution in [2.24, 2.45) is 4.99 Å². The van der Waals surface area contributed by atoms with E-state index < -0.39 is 9.84 Å². The molecule has 1 aliphatic rings. The van der Waals surface area contributed by atoms with E-state index in [-0.39, 0.29) is 53.9 Å². The number of carbonyl (C=O) groups excluding carboxylic acids is 1. The summed E-state index contributed by atoms with van der Waals surface area (Å²) in [6.45, 7) is 4.74. The number of pyridine rings is 1. The Hall–Kier alpha value is -1.43. The molecular formula is C16H26IN5O3S. The van der Waals surface area contributed by atoms with Gasteiger partial charge < -0.3 is 16.0 Å². The number of aliphatic imine (C=N–C) groups is 1. The monoisotopic (exact) mass is 495 g/mol. The molecule has 1 fully saturated rings. The number of amides is 1. The lowest BCUT2D eigenvalue weighted by Crippen LogP contribution is -2.44. The third kappa shape index (κ3) is 7.85. The standard InChI is InChI=1S/C16H25N5O3S.HI/c1-3-17-16(20-13-8-10-25(23,24)11-13)18-9-7-15(22)21-14-6-4-5-12(2)19-14;/h4-6,13H,3,7-11H2,1-2H3,(H2,17,18,20)(H,19,21,22);1H. The Balaban J connectivity index is 0.00000338. The van der Waals surface area contributed by atoms with Gasteiger partial charge in [0.05, 0.1) is 18.1 Å². The maximum Gasteiger partial charge on any atom is 0.227 e. The van der Waals surface area contributed by atoms with E-state index in [2.05, 4.69) is 25.9 Å². The van der Waals surface area contributed by atoms with Crippen LogP contribution in [0.3, 0.4) is 0 Å². The zero-order valence-corrected chi connectivity index (χ0v) is 18.1. The summed E-state index contributed by atoms with van der Waals surface area (Å²) in [4.78, 5) is 20.5. The summed E-state index contributed by atoms with van der Waals surface area (Å²) in [5.41, 5.74) is 0.834. The second kappa shape index (κ2) is 10.7. The first kappa shape index (κ1) is 22.6. The van der Waals surface area contributed by atoms with Gasteiger partial charge in [-0.15, -0.1) is 24.0 Å². The molecule has 10 heteroatoms. The van der Waals surface area contributed by atoms with E-state index >= 15 is 0 Å². The normalized spacial score (nSPS) is 18.7. The average Bonchev–Trinajstić information content (AvgIpc) is 2.86. The first-order valence-corrected chi connectivity index (χ1v) is 10.2. The van der Waals surface area contributed by atoms with Crippen LogP contribution in [0.4, 0.5) is 5.82 Å². The van der Waals surface area contributed by atoms with Crippen LogP contribution in [-0.4, -0.2) is 55.9 Å². The molecule has 1 aromatic rings. The van der Waals surface area contributed by atoms with Crippen molar-refractivity contribution < 1.29 is 13.2 Å². The minimum absolute atomic E-state index is 0. The largest absolute Gasteiger partial charge is 0.357 e. The third-order valence-corrected chi connectivity index (χ3v) is 5.45. The molecule has 0 saturated carbocycles. The quantitative estimate of drug-likeness (QED) is 0.310. The fraction of sp³-hybridized carbons (Fsp3) is 0.562. The molecule has 0 spiro atoms. The smallest absolute Gasteiger partial charge is 0.227 e. The first-order valence-electron chi connectivity index (χ1n) is 8.37. The van der Waals surface area contributed by atoms with Gasteiger partial charge in [-0.1, -0.05) is 6.07 Å². The molecule has 26 heavy (non-hydrogen) atoms. The number of hydrogen-bond donors (Lipinski definition) is 3. The van der Waals surface area contributed by atoms with Gasteiger partial charge in [0.2, 0.25) is 5.91 Å². The van der Waals surface area contributed by atoms with Crippen molar-refractivity contribution in [3.8, 4) is 0 Å². The molecule has 1 aromatic heterocycles. The first-order chi connectivity index (χ1) is 11.9. The number of nitrogens with zero attached hydrogens (tertiary/aromatic N) is 2. The minimum Gasteiger partial charge on any atom is -0.357 e. The number of halogens is 1. The summed E-state index contributed by atoms with van der Waals surface area (Å²) in [6, 6.07) is 5.30. The fourth-order valence-electron chi connectivity index (χ4n) is 2.51. The molecule has 3 N–H and O–H groups in total. The Labute approximate surface area is 171 Å². The number of nitrogens with one attached hydrogen (secondary N) is 3. The van der Waals surface area contributed by atoms with Gasteiger partial charge in [-0.25, -0.2) is 13.4 Å². The molecule has 2 heterocycles. The number of hydrogen-bond acceptors (Lipinski definition) is 5. The van der Waals surface area contributed by atoms with Gasteiger partial charge in [-0.05, 0) is 32.4 Å². The highest BCUT2D eigenvalue weighted by Crippen LogP contribution is 2.11. The summed E-state index contributed by atoms with van der Waals surface area (Å²) >= 11 is 0. The molecule has 0 bridgehead atoms. The highest BCUT2D eigenvalue weighted by molar-refractivity contribution is 14.0. The molecule has 146 valence electrons. The van der Waals surface area contributed by atoms with Gasteiger partial charge in [-0.3, -0.25) is 9.79 Å². The van der Waals surface area contributed by atoms with E-state index in [9.17, 15) is 13.2 Å². The van der Waals surface area contributed by atoms with Crippen molar-refractivity contribution in [3.63, 3.8) is 0 Å². The highest BCUT2D eigenvalue weighted by atomic mass is 127. The van der Waals surface area contributed by atoms with Gasteiger partial charge in [0.1, 0.15) is 5.82 Å². The van der Waals surface area contributed by atoms with E-state index in [0.29, 0.717) is 31.3 Å². The molecule has 1 unspecified atom stereocenters. The predicted molar refractivity (Wildman–Crippen MR) is 114 cm³/mol. The van der Waals surface area contributed by atoms with Crippen molar-refractivity contribution in [2.45, 2.75) is 32.7 Å². The fourth-order valence-corrected chi connectivity index (χ4v) is 4.18. The number of sulfone groups is 1. The highest BCUT2D eigenvalue weighted by Gasteiger charge is 2.28. The molecule has 1 saturated heterocycles. The molecule has 0 aromatic carbocycles. The van der Waals surface area contributed by atoms with E-state index in [0.717, 1.165) is 5.69 Å². The second-order valence-corrected chi connectivity index (χ2v) is 8.20. The summed E-state index contributed by atoms with van der Waals surface area (Å²) < 4.78 is 23.0. The summed E-state index contributed by atoms with van der Waals surface area (Å²) in [7, 11) is -2.94. The minimum atomic E-state index is -2.94. The van der Waals surface area contributed by atoms with Crippen LogP contribution < -0.4 is 16.0 Å². The van der Waals surface area contributed by atoms with Crippen LogP contribution in [-0.2, 0) is 14.6 Å². The van der Waals surface area contributed by atoms with Gasteiger partial charge >= 0.3 is 0 Å². The Bertz CT molecular complexity index is 739. The molecule has 1 amide bonds. The van der Waals surface area contributed by atoms with Crippen molar-refractivity contribution in [2.75, 3.05) is 29.9 Å². The molecule has 0 aliphatic carbocycles. The van der Waals surface area contributed by atoms with Crippen molar-refractivity contribution >= 4 is 51.5 Å². The summed E-state index contributed by atoms with van der Waals surface area (Å²) in [5.74, 6) is 1.22. The molecule has 1 aliphatic heterocycles. The maximum absolute atomic E-state index is 12.0. The molecule has 2 rings (SSSR count). The van der Waals surface area contributed by atoms with Crippen molar-refractivity contribution in [1.29, 1.82) is 0 Å². The van der Waals surface area contributed by atoms with Gasteiger partial charge in [-0.2, -0.15) is 0 Å². The van der Waals surface area contributed by atoms with E-state index in [1.807, 2.05) is 26.0 Å². The van der Waals surface area contributed by atoms with Crippen LogP contribution >= 0.6 is 24.0 Å². The van der Waals surface area contributed by atoms with Crippen LogP contribution in [0.25, 0.3) is 0 Å². The zero-order chi connectivity index (χ0) is 18.3. The predicted octanol–water partition coefficient (Wildman–Crippen LogP) is 1.08. The Morgan fingerprint density at radius 3 is 2.77 bits per heavy atom. The molecular weight excluding hydrogens is 469 g/mol. The maximum atomic E-state index is 12.0. The van der Waals surface area contributed by atoms with Crippen LogP contribution in [0.2, 0.25) is 0 Å². The number of carbonyl (C=O) groups is 1. The van der Waals surface area contributed by atoms with Crippen molar-refractivity contribution in [1.82, 2.24) is 15.6 Å². The van der Waals surface area contributed by atoms with Crippen LogP contribution in [0, 0.1) is 6.92 Å². The van der Waals surface area contributed by atoms with Gasteiger partial charge in [0.15, 0.2) is 15.8 Å². The van der Waals surface area contributed by atoms with Crippen molar-refractivity contribution in [3.05, 3.63) is 23.9 Å². The number of aromatic nitrogens is 1. The van der Waals surface area contributed by atoms with E-state index in [1.165, 1.54) is 0 Å². The summed E-state index contributed by atoms with van der Waals surface area (Å²) in [6.07, 6.45) is 0.793. The molecule has 1 atom stereocenters. The number of rotatable bonds is 6. The third-order valence-electron chi connectivity index (χ3n) is 3.68.